The van der Waals surface area contributed by atoms with E-state index in [9.17, 15) is 9.90 Å². The maximum absolute atomic E-state index is 13.6. The Balaban J connectivity index is 1.48. The van der Waals surface area contributed by atoms with Crippen molar-refractivity contribution in [2.45, 2.75) is 5.92 Å². The van der Waals surface area contributed by atoms with E-state index in [1.54, 1.807) is 11.0 Å². The standard InChI is InChI=1S/C26H27ClN4O2/c1-30(2)10-9-28-18-7-8-21-16(11-18)12-22(29-21)26(33)31-15-17(14-27)25-20-6-4-3-5-19(20)24(32)13-23(25)31/h3-8,11-13,17,28-29,32H,9-10,14-15H2,1-2H3. The van der Waals surface area contributed by atoms with Gasteiger partial charge in [-0.25, -0.2) is 0 Å². The Hall–Kier alpha value is -3.22. The number of phenols is 1. The number of aromatic hydroxyl groups is 1. The van der Waals surface area contributed by atoms with Crippen molar-refractivity contribution < 1.29 is 9.90 Å². The molecular weight excluding hydrogens is 436 g/mol. The average Bonchev–Trinajstić information content (AvgIpc) is 3.40. The van der Waals surface area contributed by atoms with Crippen molar-refractivity contribution in [2.75, 3.05) is 49.8 Å². The summed E-state index contributed by atoms with van der Waals surface area (Å²) in [5.74, 6) is 0.451. The first-order chi connectivity index (χ1) is 16.0. The van der Waals surface area contributed by atoms with Crippen molar-refractivity contribution in [3.63, 3.8) is 0 Å². The van der Waals surface area contributed by atoms with Crippen LogP contribution in [-0.2, 0) is 0 Å². The van der Waals surface area contributed by atoms with Crippen LogP contribution in [0.1, 0.15) is 22.0 Å². The second-order valence-corrected chi connectivity index (χ2v) is 9.16. The number of aromatic amines is 1. The van der Waals surface area contributed by atoms with E-state index in [-0.39, 0.29) is 17.6 Å². The first-order valence-corrected chi connectivity index (χ1v) is 11.6. The molecule has 6 nitrogen and oxygen atoms in total. The van der Waals surface area contributed by atoms with E-state index < -0.39 is 0 Å². The Morgan fingerprint density at radius 2 is 1.97 bits per heavy atom. The number of hydrogen-bond donors (Lipinski definition) is 3. The smallest absolute Gasteiger partial charge is 0.274 e. The number of alkyl halides is 1. The first kappa shape index (κ1) is 21.6. The molecule has 2 heterocycles. The molecule has 0 spiro atoms. The zero-order valence-corrected chi connectivity index (χ0v) is 19.5. The van der Waals surface area contributed by atoms with E-state index >= 15 is 0 Å². The lowest BCUT2D eigenvalue weighted by Gasteiger charge is -2.17. The van der Waals surface area contributed by atoms with E-state index in [0.29, 0.717) is 18.1 Å². The van der Waals surface area contributed by atoms with Gasteiger partial charge in [0.2, 0.25) is 0 Å². The lowest BCUT2D eigenvalue weighted by Crippen LogP contribution is -2.30. The zero-order valence-electron chi connectivity index (χ0n) is 18.7. The summed E-state index contributed by atoms with van der Waals surface area (Å²) in [6.07, 6.45) is 0. The summed E-state index contributed by atoms with van der Waals surface area (Å²) in [5, 5.41) is 16.7. The summed E-state index contributed by atoms with van der Waals surface area (Å²) < 4.78 is 0. The lowest BCUT2D eigenvalue weighted by atomic mass is 9.95. The number of aromatic nitrogens is 1. The lowest BCUT2D eigenvalue weighted by molar-refractivity contribution is 0.0984. The molecule has 1 aliphatic heterocycles. The number of anilines is 2. The van der Waals surface area contributed by atoms with E-state index in [1.165, 1.54) is 0 Å². The number of carbonyl (C=O) groups is 1. The maximum atomic E-state index is 13.6. The van der Waals surface area contributed by atoms with Crippen molar-refractivity contribution in [3.05, 3.63) is 65.9 Å². The van der Waals surface area contributed by atoms with Gasteiger partial charge in [0.15, 0.2) is 0 Å². The van der Waals surface area contributed by atoms with Crippen LogP contribution in [0.3, 0.4) is 0 Å². The van der Waals surface area contributed by atoms with E-state index in [4.69, 9.17) is 11.6 Å². The fourth-order valence-electron chi connectivity index (χ4n) is 4.67. The van der Waals surface area contributed by atoms with Crippen molar-refractivity contribution in [1.82, 2.24) is 9.88 Å². The van der Waals surface area contributed by atoms with Crippen LogP contribution in [-0.4, -0.2) is 60.5 Å². The summed E-state index contributed by atoms with van der Waals surface area (Å²) in [4.78, 5) is 20.7. The van der Waals surface area contributed by atoms with Crippen LogP contribution in [0.5, 0.6) is 5.75 Å². The number of rotatable bonds is 6. The number of phenolic OH excluding ortho intramolecular Hbond substituents is 1. The molecule has 5 rings (SSSR count). The molecule has 1 unspecified atom stereocenters. The maximum Gasteiger partial charge on any atom is 0.274 e. The van der Waals surface area contributed by atoms with Gasteiger partial charge in [-0.3, -0.25) is 4.79 Å². The number of benzene rings is 3. The van der Waals surface area contributed by atoms with Crippen molar-refractivity contribution >= 4 is 50.6 Å². The van der Waals surface area contributed by atoms with Crippen LogP contribution < -0.4 is 10.2 Å². The van der Waals surface area contributed by atoms with Crippen LogP contribution in [0.2, 0.25) is 0 Å². The Labute approximate surface area is 197 Å². The van der Waals surface area contributed by atoms with Crippen molar-refractivity contribution in [2.24, 2.45) is 0 Å². The molecule has 7 heteroatoms. The Morgan fingerprint density at radius 1 is 1.18 bits per heavy atom. The largest absolute Gasteiger partial charge is 0.507 e. The monoisotopic (exact) mass is 462 g/mol. The number of nitrogens with zero attached hydrogens (tertiary/aromatic N) is 2. The topological polar surface area (TPSA) is 71.6 Å². The number of carbonyl (C=O) groups excluding carboxylic acids is 1. The van der Waals surface area contributed by atoms with E-state index in [0.717, 1.165) is 51.7 Å². The second-order valence-electron chi connectivity index (χ2n) is 8.86. The van der Waals surface area contributed by atoms with Crippen LogP contribution in [0.25, 0.3) is 21.7 Å². The molecule has 0 bridgehead atoms. The Kier molecular flexibility index (Phi) is 5.64. The first-order valence-electron chi connectivity index (χ1n) is 11.1. The number of halogens is 1. The molecule has 1 amide bonds. The number of H-pyrrole nitrogens is 1. The van der Waals surface area contributed by atoms with Gasteiger partial charge in [0.05, 0.1) is 5.69 Å². The Morgan fingerprint density at radius 3 is 2.73 bits per heavy atom. The fourth-order valence-corrected chi connectivity index (χ4v) is 4.92. The van der Waals surface area contributed by atoms with Crippen LogP contribution in [0.15, 0.2) is 54.6 Å². The molecule has 0 aliphatic carbocycles. The molecule has 0 saturated heterocycles. The summed E-state index contributed by atoms with van der Waals surface area (Å²) >= 11 is 6.32. The predicted octanol–water partition coefficient (Wildman–Crippen LogP) is 4.98. The quantitative estimate of drug-likeness (QED) is 0.353. The fraction of sp³-hybridized carbons (Fsp3) is 0.269. The van der Waals surface area contributed by atoms with Gasteiger partial charge in [0.25, 0.3) is 5.91 Å². The van der Waals surface area contributed by atoms with Gasteiger partial charge in [-0.15, -0.1) is 11.6 Å². The molecule has 0 fully saturated rings. The SMILES string of the molecule is CN(C)CCNc1ccc2[nH]c(C(=O)N3CC(CCl)c4c3cc(O)c3ccccc43)cc2c1. The summed E-state index contributed by atoms with van der Waals surface area (Å²) in [5.41, 5.74) is 4.20. The van der Waals surface area contributed by atoms with Gasteiger partial charge in [-0.05, 0) is 49.3 Å². The minimum Gasteiger partial charge on any atom is -0.507 e. The van der Waals surface area contributed by atoms with Gasteiger partial charge in [0, 0.05) is 59.5 Å². The van der Waals surface area contributed by atoms with Gasteiger partial charge in [0.1, 0.15) is 11.4 Å². The van der Waals surface area contributed by atoms with Crippen LogP contribution >= 0.6 is 11.6 Å². The normalized spacial score (nSPS) is 15.5. The highest BCUT2D eigenvalue weighted by Crippen LogP contribution is 2.45. The third kappa shape index (κ3) is 3.90. The van der Waals surface area contributed by atoms with Crippen molar-refractivity contribution in [3.8, 4) is 5.75 Å². The zero-order chi connectivity index (χ0) is 23.1. The highest BCUT2D eigenvalue weighted by atomic mass is 35.5. The number of likely N-dealkylation sites (N-methyl/N-ethyl adjacent to an activating group) is 1. The number of amides is 1. The molecule has 1 aliphatic rings. The molecule has 0 saturated carbocycles. The number of fused-ring (bicyclic) bond motifs is 4. The highest BCUT2D eigenvalue weighted by Gasteiger charge is 2.35. The summed E-state index contributed by atoms with van der Waals surface area (Å²) in [6.45, 7) is 2.26. The molecule has 4 aromatic rings. The molecule has 1 atom stereocenters. The van der Waals surface area contributed by atoms with Crippen LogP contribution in [0.4, 0.5) is 11.4 Å². The van der Waals surface area contributed by atoms with Gasteiger partial charge < -0.3 is 25.2 Å². The molecule has 3 aromatic carbocycles. The minimum atomic E-state index is -0.128. The van der Waals surface area contributed by atoms with E-state index in [1.807, 2.05) is 56.6 Å². The van der Waals surface area contributed by atoms with Crippen LogP contribution in [0, 0.1) is 0 Å². The summed E-state index contributed by atoms with van der Waals surface area (Å²) in [6, 6.07) is 17.4. The molecular formula is C26H27ClN4O2. The third-order valence-electron chi connectivity index (χ3n) is 6.32. The highest BCUT2D eigenvalue weighted by molar-refractivity contribution is 6.19. The van der Waals surface area contributed by atoms with Gasteiger partial charge in [-0.1, -0.05) is 24.3 Å². The molecule has 3 N–H and O–H groups in total. The average molecular weight is 463 g/mol. The van der Waals surface area contributed by atoms with Crippen molar-refractivity contribution in [1.29, 1.82) is 0 Å². The summed E-state index contributed by atoms with van der Waals surface area (Å²) in [7, 11) is 4.09. The minimum absolute atomic E-state index is 0.00740. The molecule has 170 valence electrons. The second kappa shape index (κ2) is 8.61. The molecule has 1 aromatic heterocycles. The molecule has 33 heavy (non-hydrogen) atoms. The third-order valence-corrected chi connectivity index (χ3v) is 6.69. The number of nitrogens with one attached hydrogen (secondary N) is 2. The number of hydrogen-bond acceptors (Lipinski definition) is 4. The van der Waals surface area contributed by atoms with Gasteiger partial charge >= 0.3 is 0 Å². The van der Waals surface area contributed by atoms with Gasteiger partial charge in [-0.2, -0.15) is 0 Å². The molecule has 0 radical (unpaired) electrons. The van der Waals surface area contributed by atoms with E-state index in [2.05, 4.69) is 21.3 Å². The predicted molar refractivity (Wildman–Crippen MR) is 136 cm³/mol. The Bertz CT molecular complexity index is 1350.